The minimum atomic E-state index is -3.51. The Bertz CT molecular complexity index is 546. The molecular formula is C15H24N2O4S. The number of unbranched alkanes of at least 4 members (excludes halogenated alkanes) is 1. The van der Waals surface area contributed by atoms with Crippen LogP contribution in [0.1, 0.15) is 19.8 Å². The normalized spacial score (nSPS) is 11.4. The highest BCUT2D eigenvalue weighted by Gasteiger charge is 2.20. The van der Waals surface area contributed by atoms with Crippen LogP contribution in [0.5, 0.6) is 5.75 Å². The van der Waals surface area contributed by atoms with Gasteiger partial charge in [0.25, 0.3) is 0 Å². The van der Waals surface area contributed by atoms with Crippen LogP contribution in [0.2, 0.25) is 0 Å². The number of ether oxygens (including phenoxy) is 1. The van der Waals surface area contributed by atoms with E-state index in [-0.39, 0.29) is 24.8 Å². The Hall–Kier alpha value is -1.60. The van der Waals surface area contributed by atoms with Gasteiger partial charge in [0.15, 0.2) is 0 Å². The number of benzene rings is 1. The van der Waals surface area contributed by atoms with E-state index in [4.69, 9.17) is 4.74 Å². The second-order valence-electron chi connectivity index (χ2n) is 4.94. The molecule has 1 rings (SSSR count). The van der Waals surface area contributed by atoms with Crippen LogP contribution in [0.15, 0.2) is 30.3 Å². The Labute approximate surface area is 132 Å². The van der Waals surface area contributed by atoms with Crippen LogP contribution >= 0.6 is 0 Å². The van der Waals surface area contributed by atoms with E-state index in [2.05, 4.69) is 5.32 Å². The molecule has 124 valence electrons. The Morgan fingerprint density at radius 2 is 1.95 bits per heavy atom. The molecule has 0 aliphatic heterocycles. The first-order valence-corrected chi connectivity index (χ1v) is 8.95. The standard InChI is InChI=1S/C15H24N2O4S/c1-3-4-10-16-15(18)13-17(2)22(19,20)12-11-21-14-8-6-5-7-9-14/h5-9H,3-4,10-13H2,1-2H3,(H,16,18). The minimum absolute atomic E-state index is 0.0497. The summed E-state index contributed by atoms with van der Waals surface area (Å²) in [5.41, 5.74) is 0. The minimum Gasteiger partial charge on any atom is -0.492 e. The third-order valence-corrected chi connectivity index (χ3v) is 4.81. The van der Waals surface area contributed by atoms with Gasteiger partial charge in [-0.25, -0.2) is 8.42 Å². The topological polar surface area (TPSA) is 75.7 Å². The van der Waals surface area contributed by atoms with Crippen molar-refractivity contribution in [3.05, 3.63) is 30.3 Å². The summed E-state index contributed by atoms with van der Waals surface area (Å²) in [6, 6.07) is 9.01. The van der Waals surface area contributed by atoms with Gasteiger partial charge in [0.05, 0.1) is 12.3 Å². The summed E-state index contributed by atoms with van der Waals surface area (Å²) >= 11 is 0. The van der Waals surface area contributed by atoms with Crippen molar-refractivity contribution in [2.75, 3.05) is 32.5 Å². The summed E-state index contributed by atoms with van der Waals surface area (Å²) in [6.45, 7) is 2.47. The number of hydrogen-bond acceptors (Lipinski definition) is 4. The Morgan fingerprint density at radius 1 is 1.27 bits per heavy atom. The van der Waals surface area contributed by atoms with Crippen LogP contribution < -0.4 is 10.1 Å². The van der Waals surface area contributed by atoms with Crippen molar-refractivity contribution >= 4 is 15.9 Å². The molecular weight excluding hydrogens is 304 g/mol. The van der Waals surface area contributed by atoms with Crippen molar-refractivity contribution in [2.24, 2.45) is 0 Å². The summed E-state index contributed by atoms with van der Waals surface area (Å²) in [4.78, 5) is 11.6. The molecule has 7 heteroatoms. The molecule has 6 nitrogen and oxygen atoms in total. The van der Waals surface area contributed by atoms with Gasteiger partial charge >= 0.3 is 0 Å². The number of carbonyl (C=O) groups is 1. The van der Waals surface area contributed by atoms with E-state index in [0.29, 0.717) is 12.3 Å². The molecule has 22 heavy (non-hydrogen) atoms. The van der Waals surface area contributed by atoms with Gasteiger partial charge in [-0.15, -0.1) is 0 Å². The maximum Gasteiger partial charge on any atom is 0.235 e. The predicted molar refractivity (Wildman–Crippen MR) is 86.3 cm³/mol. The summed E-state index contributed by atoms with van der Waals surface area (Å²) in [5.74, 6) is 0.168. The van der Waals surface area contributed by atoms with Crippen molar-refractivity contribution < 1.29 is 17.9 Å². The number of para-hydroxylation sites is 1. The highest BCUT2D eigenvalue weighted by Crippen LogP contribution is 2.08. The lowest BCUT2D eigenvalue weighted by molar-refractivity contribution is -0.121. The molecule has 0 aromatic heterocycles. The smallest absolute Gasteiger partial charge is 0.235 e. The number of hydrogen-bond donors (Lipinski definition) is 1. The maximum absolute atomic E-state index is 12.1. The van der Waals surface area contributed by atoms with Crippen LogP contribution in [0, 0.1) is 0 Å². The lowest BCUT2D eigenvalue weighted by atomic mass is 10.3. The fraction of sp³-hybridized carbons (Fsp3) is 0.533. The first-order chi connectivity index (χ1) is 10.5. The Morgan fingerprint density at radius 3 is 2.59 bits per heavy atom. The molecule has 0 aliphatic carbocycles. The van der Waals surface area contributed by atoms with Crippen molar-refractivity contribution in [3.63, 3.8) is 0 Å². The second kappa shape index (κ2) is 9.42. The average Bonchev–Trinajstić information content (AvgIpc) is 2.48. The number of carbonyl (C=O) groups excluding carboxylic acids is 1. The highest BCUT2D eigenvalue weighted by molar-refractivity contribution is 7.89. The molecule has 0 saturated heterocycles. The molecule has 1 aromatic carbocycles. The zero-order valence-corrected chi connectivity index (χ0v) is 13.9. The van der Waals surface area contributed by atoms with Gasteiger partial charge in [0.1, 0.15) is 12.4 Å². The van der Waals surface area contributed by atoms with Gasteiger partial charge in [-0.2, -0.15) is 4.31 Å². The van der Waals surface area contributed by atoms with E-state index in [0.717, 1.165) is 17.1 Å². The molecule has 0 radical (unpaired) electrons. The van der Waals surface area contributed by atoms with Crippen LogP contribution in [0.3, 0.4) is 0 Å². The third-order valence-electron chi connectivity index (χ3n) is 3.05. The lowest BCUT2D eigenvalue weighted by Crippen LogP contribution is -2.40. The molecule has 0 saturated carbocycles. The fourth-order valence-electron chi connectivity index (χ4n) is 1.70. The number of rotatable bonds is 10. The number of sulfonamides is 1. The number of nitrogens with one attached hydrogen (secondary N) is 1. The summed E-state index contributed by atoms with van der Waals surface area (Å²) < 4.78 is 30.5. The van der Waals surface area contributed by atoms with Gasteiger partial charge < -0.3 is 10.1 Å². The number of likely N-dealkylation sites (N-methyl/N-ethyl adjacent to an activating group) is 1. The summed E-state index contributed by atoms with van der Waals surface area (Å²) in [5, 5.41) is 2.69. The Balaban J connectivity index is 2.36. The Kier molecular flexibility index (Phi) is 7.90. The summed E-state index contributed by atoms with van der Waals surface area (Å²) in [6.07, 6.45) is 1.86. The van der Waals surface area contributed by atoms with Gasteiger partial charge in [0, 0.05) is 13.6 Å². The third kappa shape index (κ3) is 6.91. The van der Waals surface area contributed by atoms with E-state index in [1.807, 2.05) is 25.1 Å². The molecule has 0 atom stereocenters. The van der Waals surface area contributed by atoms with E-state index in [9.17, 15) is 13.2 Å². The van der Waals surface area contributed by atoms with Crippen molar-refractivity contribution in [1.82, 2.24) is 9.62 Å². The monoisotopic (exact) mass is 328 g/mol. The van der Waals surface area contributed by atoms with Crippen molar-refractivity contribution in [2.45, 2.75) is 19.8 Å². The largest absolute Gasteiger partial charge is 0.492 e. The van der Waals surface area contributed by atoms with E-state index in [1.165, 1.54) is 7.05 Å². The van der Waals surface area contributed by atoms with Gasteiger partial charge in [-0.1, -0.05) is 31.5 Å². The molecule has 0 bridgehead atoms. The number of nitrogens with zero attached hydrogens (tertiary/aromatic N) is 1. The highest BCUT2D eigenvalue weighted by atomic mass is 32.2. The van der Waals surface area contributed by atoms with Crippen LogP contribution in [0.25, 0.3) is 0 Å². The number of amides is 1. The van der Waals surface area contributed by atoms with Gasteiger partial charge in [0.2, 0.25) is 15.9 Å². The zero-order chi connectivity index (χ0) is 16.4. The molecule has 1 amide bonds. The molecule has 1 N–H and O–H groups in total. The van der Waals surface area contributed by atoms with Crippen LogP contribution in [-0.2, 0) is 14.8 Å². The fourth-order valence-corrected chi connectivity index (χ4v) is 2.62. The van der Waals surface area contributed by atoms with Gasteiger partial charge in [-0.05, 0) is 18.6 Å². The van der Waals surface area contributed by atoms with E-state index >= 15 is 0 Å². The SMILES string of the molecule is CCCCNC(=O)CN(C)S(=O)(=O)CCOc1ccccc1. The lowest BCUT2D eigenvalue weighted by Gasteiger charge is -2.17. The predicted octanol–water partition coefficient (Wildman–Crippen LogP) is 1.24. The van der Waals surface area contributed by atoms with E-state index < -0.39 is 10.0 Å². The molecule has 0 unspecified atom stereocenters. The van der Waals surface area contributed by atoms with Gasteiger partial charge in [-0.3, -0.25) is 4.79 Å². The molecule has 1 aromatic rings. The van der Waals surface area contributed by atoms with Crippen molar-refractivity contribution in [3.8, 4) is 5.75 Å². The van der Waals surface area contributed by atoms with Crippen molar-refractivity contribution in [1.29, 1.82) is 0 Å². The van der Waals surface area contributed by atoms with Crippen LogP contribution in [-0.4, -0.2) is 51.1 Å². The zero-order valence-electron chi connectivity index (χ0n) is 13.1. The second-order valence-corrected chi connectivity index (χ2v) is 7.13. The maximum atomic E-state index is 12.1. The first kappa shape index (κ1) is 18.4. The molecule has 0 fully saturated rings. The average molecular weight is 328 g/mol. The van der Waals surface area contributed by atoms with E-state index in [1.54, 1.807) is 12.1 Å². The molecule has 0 heterocycles. The quantitative estimate of drug-likeness (QED) is 0.656. The summed E-state index contributed by atoms with van der Waals surface area (Å²) in [7, 11) is -2.11. The van der Waals surface area contributed by atoms with Crippen LogP contribution in [0.4, 0.5) is 0 Å². The molecule has 0 spiro atoms. The first-order valence-electron chi connectivity index (χ1n) is 7.34. The molecule has 0 aliphatic rings.